The van der Waals surface area contributed by atoms with Gasteiger partial charge in [-0.3, -0.25) is 0 Å². The first-order valence-corrected chi connectivity index (χ1v) is 5.36. The summed E-state index contributed by atoms with van der Waals surface area (Å²) >= 11 is 0. The quantitative estimate of drug-likeness (QED) is 0.560. The van der Waals surface area contributed by atoms with Crippen molar-refractivity contribution in [2.24, 2.45) is 0 Å². The summed E-state index contributed by atoms with van der Waals surface area (Å²) in [7, 11) is 0. The molecule has 0 spiro atoms. The molecule has 0 radical (unpaired) electrons. The molecule has 2 aromatic carbocycles. The summed E-state index contributed by atoms with van der Waals surface area (Å²) in [4.78, 5) is 10.5. The van der Waals surface area contributed by atoms with Crippen LogP contribution in [0.2, 0.25) is 0 Å². The van der Waals surface area contributed by atoms with E-state index in [9.17, 15) is 15.0 Å². The van der Waals surface area contributed by atoms with E-state index in [1.54, 1.807) is 31.2 Å². The zero-order chi connectivity index (χ0) is 13.3. The predicted octanol–water partition coefficient (Wildman–Crippen LogP) is 2.66. The molecule has 3 N–H and O–H groups in total. The minimum absolute atomic E-state index is 0.0293. The summed E-state index contributed by atoms with van der Waals surface area (Å²) in [6.45, 7) is 1.63. The number of hydrogen-bond acceptors (Lipinski definition) is 3. The maximum atomic E-state index is 10.5. The SMILES string of the molecule is Cc1c(C=CC(=O)O)c(O)c2ccccc2c1O. The van der Waals surface area contributed by atoms with E-state index in [0.29, 0.717) is 21.9 Å². The number of aromatic hydroxyl groups is 2. The molecule has 2 rings (SSSR count). The number of phenolic OH excluding ortho intramolecular Hbond substituents is 2. The molecule has 0 atom stereocenters. The van der Waals surface area contributed by atoms with E-state index in [-0.39, 0.29) is 11.5 Å². The second-order valence-electron chi connectivity index (χ2n) is 3.95. The Morgan fingerprint density at radius 2 is 1.67 bits per heavy atom. The van der Waals surface area contributed by atoms with Crippen LogP contribution in [-0.4, -0.2) is 21.3 Å². The van der Waals surface area contributed by atoms with Gasteiger partial charge in [0.2, 0.25) is 0 Å². The number of hydrogen-bond donors (Lipinski definition) is 3. The average Bonchev–Trinajstić information content (AvgIpc) is 2.36. The Balaban J connectivity index is 2.78. The standard InChI is InChI=1S/C14H12O4/c1-8-9(6-7-12(15)16)14(18)11-5-3-2-4-10(11)13(8)17/h2-7,17-18H,1H3,(H,15,16). The van der Waals surface area contributed by atoms with Crippen LogP contribution in [0.5, 0.6) is 11.5 Å². The maximum Gasteiger partial charge on any atom is 0.328 e. The Bertz CT molecular complexity index is 656. The number of carboxylic acid groups (broad SMARTS) is 1. The van der Waals surface area contributed by atoms with Crippen molar-refractivity contribution in [1.29, 1.82) is 0 Å². The second kappa shape index (κ2) is 4.41. The fraction of sp³-hybridized carbons (Fsp3) is 0.0714. The van der Waals surface area contributed by atoms with Crippen LogP contribution in [0.4, 0.5) is 0 Å². The van der Waals surface area contributed by atoms with Crippen LogP contribution in [0.25, 0.3) is 16.8 Å². The van der Waals surface area contributed by atoms with Crippen molar-refractivity contribution in [3.05, 3.63) is 41.5 Å². The van der Waals surface area contributed by atoms with Crippen LogP contribution in [-0.2, 0) is 4.79 Å². The fourth-order valence-corrected chi connectivity index (χ4v) is 1.91. The number of carbonyl (C=O) groups is 1. The van der Waals surface area contributed by atoms with Gasteiger partial charge in [-0.25, -0.2) is 4.79 Å². The van der Waals surface area contributed by atoms with Gasteiger partial charge in [0.25, 0.3) is 0 Å². The Morgan fingerprint density at radius 1 is 1.11 bits per heavy atom. The van der Waals surface area contributed by atoms with Crippen LogP contribution in [0.15, 0.2) is 30.3 Å². The predicted molar refractivity (Wildman–Crippen MR) is 68.7 cm³/mol. The largest absolute Gasteiger partial charge is 0.507 e. The van der Waals surface area contributed by atoms with Gasteiger partial charge < -0.3 is 15.3 Å². The Labute approximate surface area is 103 Å². The highest BCUT2D eigenvalue weighted by Crippen LogP contribution is 2.39. The lowest BCUT2D eigenvalue weighted by Gasteiger charge is -2.11. The molecule has 0 saturated carbocycles. The minimum atomic E-state index is -1.11. The topological polar surface area (TPSA) is 77.8 Å². The molecule has 18 heavy (non-hydrogen) atoms. The monoisotopic (exact) mass is 244 g/mol. The molecule has 0 aliphatic rings. The van der Waals surface area contributed by atoms with Crippen molar-refractivity contribution in [2.45, 2.75) is 6.92 Å². The summed E-state index contributed by atoms with van der Waals surface area (Å²) in [5.74, 6) is -1.09. The van der Waals surface area contributed by atoms with Crippen molar-refractivity contribution in [3.8, 4) is 11.5 Å². The van der Waals surface area contributed by atoms with Gasteiger partial charge in [-0.1, -0.05) is 24.3 Å². The van der Waals surface area contributed by atoms with Gasteiger partial charge in [-0.2, -0.15) is 0 Å². The van der Waals surface area contributed by atoms with E-state index in [0.717, 1.165) is 6.08 Å². The normalized spacial score (nSPS) is 11.2. The van der Waals surface area contributed by atoms with Crippen molar-refractivity contribution >= 4 is 22.8 Å². The Morgan fingerprint density at radius 3 is 2.22 bits per heavy atom. The molecule has 0 aliphatic heterocycles. The Hall–Kier alpha value is -2.49. The number of aliphatic carboxylic acids is 1. The third kappa shape index (κ3) is 1.88. The van der Waals surface area contributed by atoms with Crippen LogP contribution >= 0.6 is 0 Å². The molecule has 0 aliphatic carbocycles. The molecule has 0 bridgehead atoms. The summed E-state index contributed by atoms with van der Waals surface area (Å²) in [5, 5.41) is 29.8. The van der Waals surface area contributed by atoms with Gasteiger partial charge in [0.05, 0.1) is 0 Å². The van der Waals surface area contributed by atoms with Gasteiger partial charge in [-0.15, -0.1) is 0 Å². The van der Waals surface area contributed by atoms with Crippen LogP contribution in [0.1, 0.15) is 11.1 Å². The summed E-state index contributed by atoms with van der Waals surface area (Å²) in [6.07, 6.45) is 2.20. The van der Waals surface area contributed by atoms with Crippen LogP contribution in [0.3, 0.4) is 0 Å². The molecule has 4 nitrogen and oxygen atoms in total. The Kier molecular flexibility index (Phi) is 2.93. The van der Waals surface area contributed by atoms with Crippen molar-refractivity contribution < 1.29 is 20.1 Å². The zero-order valence-electron chi connectivity index (χ0n) is 9.71. The van der Waals surface area contributed by atoms with E-state index in [4.69, 9.17) is 5.11 Å². The molecule has 0 aromatic heterocycles. The summed E-state index contributed by atoms with van der Waals surface area (Å²) < 4.78 is 0. The highest BCUT2D eigenvalue weighted by Gasteiger charge is 2.13. The molecular formula is C14H12O4. The maximum absolute atomic E-state index is 10.5. The number of fused-ring (bicyclic) bond motifs is 1. The molecule has 4 heteroatoms. The summed E-state index contributed by atoms with van der Waals surface area (Å²) in [5.41, 5.74) is 0.761. The van der Waals surface area contributed by atoms with E-state index in [2.05, 4.69) is 0 Å². The van der Waals surface area contributed by atoms with Crippen molar-refractivity contribution in [3.63, 3.8) is 0 Å². The zero-order valence-corrected chi connectivity index (χ0v) is 9.71. The van der Waals surface area contributed by atoms with Gasteiger partial charge in [0.15, 0.2) is 0 Å². The highest BCUT2D eigenvalue weighted by atomic mass is 16.4. The fourth-order valence-electron chi connectivity index (χ4n) is 1.91. The average molecular weight is 244 g/mol. The van der Waals surface area contributed by atoms with Gasteiger partial charge >= 0.3 is 5.97 Å². The third-order valence-corrected chi connectivity index (χ3v) is 2.84. The van der Waals surface area contributed by atoms with E-state index < -0.39 is 5.97 Å². The molecule has 92 valence electrons. The van der Waals surface area contributed by atoms with Gasteiger partial charge in [-0.05, 0) is 13.0 Å². The smallest absolute Gasteiger partial charge is 0.328 e. The van der Waals surface area contributed by atoms with E-state index in [1.165, 1.54) is 6.08 Å². The number of phenols is 2. The van der Waals surface area contributed by atoms with Crippen LogP contribution in [0, 0.1) is 6.92 Å². The first-order chi connectivity index (χ1) is 8.52. The molecule has 2 aromatic rings. The number of carboxylic acids is 1. The third-order valence-electron chi connectivity index (χ3n) is 2.84. The highest BCUT2D eigenvalue weighted by molar-refractivity contribution is 5.98. The van der Waals surface area contributed by atoms with Gasteiger partial charge in [0, 0.05) is 28.0 Å². The second-order valence-corrected chi connectivity index (χ2v) is 3.95. The number of benzene rings is 2. The first kappa shape index (κ1) is 12.0. The van der Waals surface area contributed by atoms with E-state index >= 15 is 0 Å². The lowest BCUT2D eigenvalue weighted by atomic mass is 9.98. The lowest BCUT2D eigenvalue weighted by molar-refractivity contribution is -0.131. The number of rotatable bonds is 2. The van der Waals surface area contributed by atoms with Crippen LogP contribution < -0.4 is 0 Å². The molecule has 0 heterocycles. The molecular weight excluding hydrogens is 232 g/mol. The van der Waals surface area contributed by atoms with Crippen molar-refractivity contribution in [2.75, 3.05) is 0 Å². The molecule has 0 amide bonds. The minimum Gasteiger partial charge on any atom is -0.507 e. The lowest BCUT2D eigenvalue weighted by Crippen LogP contribution is -1.90. The van der Waals surface area contributed by atoms with Crippen molar-refractivity contribution in [1.82, 2.24) is 0 Å². The van der Waals surface area contributed by atoms with Gasteiger partial charge in [0.1, 0.15) is 11.5 Å². The molecule has 0 saturated heterocycles. The summed E-state index contributed by atoms with van der Waals surface area (Å²) in [6, 6.07) is 6.86. The van der Waals surface area contributed by atoms with E-state index in [1.807, 2.05) is 0 Å². The molecule has 0 fully saturated rings. The first-order valence-electron chi connectivity index (χ1n) is 5.36. The molecule has 0 unspecified atom stereocenters.